The summed E-state index contributed by atoms with van der Waals surface area (Å²) < 4.78 is 51.8. The van der Waals surface area contributed by atoms with Crippen LogP contribution in [0.25, 0.3) is 10.9 Å². The molecule has 0 aliphatic carbocycles. The molecular formula is C11H5Cl2F4N. The highest BCUT2D eigenvalue weighted by Crippen LogP contribution is 2.38. The molecule has 18 heavy (non-hydrogen) atoms. The molecular weight excluding hydrogens is 293 g/mol. The SMILES string of the molecule is Cc1c(C(F)(F)F)nc2c(F)c(Cl)ccc2c1Cl. The summed E-state index contributed by atoms with van der Waals surface area (Å²) in [5.41, 5.74) is -1.93. The predicted octanol–water partition coefficient (Wildman–Crippen LogP) is 5.01. The van der Waals surface area contributed by atoms with Crippen molar-refractivity contribution in [1.82, 2.24) is 4.98 Å². The number of rotatable bonds is 0. The third-order valence-corrected chi connectivity index (χ3v) is 3.26. The summed E-state index contributed by atoms with van der Waals surface area (Å²) in [6.45, 7) is 1.18. The minimum atomic E-state index is -4.70. The van der Waals surface area contributed by atoms with E-state index in [4.69, 9.17) is 23.2 Å². The predicted molar refractivity (Wildman–Crippen MR) is 61.5 cm³/mol. The van der Waals surface area contributed by atoms with Gasteiger partial charge in [-0.05, 0) is 24.6 Å². The minimum Gasteiger partial charge on any atom is -0.240 e. The first-order valence-corrected chi connectivity index (χ1v) is 5.50. The number of pyridine rings is 1. The lowest BCUT2D eigenvalue weighted by atomic mass is 10.1. The standard InChI is InChI=1S/C11H5Cl2F4N/c1-4-7(13)5-2-3-6(12)8(14)9(5)18-10(4)11(15,16)17/h2-3H,1H3. The fourth-order valence-corrected chi connectivity index (χ4v) is 2.00. The van der Waals surface area contributed by atoms with E-state index in [1.807, 2.05) is 0 Å². The lowest BCUT2D eigenvalue weighted by molar-refractivity contribution is -0.141. The van der Waals surface area contributed by atoms with Crippen molar-refractivity contribution in [3.8, 4) is 0 Å². The van der Waals surface area contributed by atoms with E-state index in [9.17, 15) is 17.6 Å². The van der Waals surface area contributed by atoms with Gasteiger partial charge in [0.2, 0.25) is 0 Å². The molecule has 1 aromatic carbocycles. The molecule has 0 radical (unpaired) electrons. The summed E-state index contributed by atoms with van der Waals surface area (Å²) in [7, 11) is 0. The largest absolute Gasteiger partial charge is 0.433 e. The molecule has 0 amide bonds. The number of halogens is 6. The fraction of sp³-hybridized carbons (Fsp3) is 0.182. The molecule has 96 valence electrons. The zero-order valence-electron chi connectivity index (χ0n) is 8.87. The van der Waals surface area contributed by atoms with Crippen molar-refractivity contribution in [2.24, 2.45) is 0 Å². The highest BCUT2D eigenvalue weighted by atomic mass is 35.5. The topological polar surface area (TPSA) is 12.9 Å². The molecule has 0 aliphatic rings. The molecule has 1 nitrogen and oxygen atoms in total. The maximum absolute atomic E-state index is 13.7. The van der Waals surface area contributed by atoms with E-state index < -0.39 is 23.2 Å². The first kappa shape index (κ1) is 13.4. The van der Waals surface area contributed by atoms with Gasteiger partial charge in [-0.2, -0.15) is 13.2 Å². The molecule has 0 spiro atoms. The second-order valence-electron chi connectivity index (χ2n) is 3.65. The molecule has 2 rings (SSSR count). The van der Waals surface area contributed by atoms with Crippen molar-refractivity contribution in [2.75, 3.05) is 0 Å². The first-order valence-electron chi connectivity index (χ1n) is 4.74. The summed E-state index contributed by atoms with van der Waals surface area (Å²) in [5.74, 6) is -1.01. The first-order chi connectivity index (χ1) is 8.23. The molecule has 0 saturated heterocycles. The van der Waals surface area contributed by atoms with E-state index >= 15 is 0 Å². The summed E-state index contributed by atoms with van der Waals surface area (Å²) in [5, 5.41) is -0.380. The van der Waals surface area contributed by atoms with Gasteiger partial charge in [0.05, 0.1) is 10.0 Å². The van der Waals surface area contributed by atoms with Crippen LogP contribution in [0.1, 0.15) is 11.3 Å². The Morgan fingerprint density at radius 3 is 2.33 bits per heavy atom. The smallest absolute Gasteiger partial charge is 0.240 e. The van der Waals surface area contributed by atoms with Gasteiger partial charge in [0, 0.05) is 5.39 Å². The quantitative estimate of drug-likeness (QED) is 0.623. The van der Waals surface area contributed by atoms with Gasteiger partial charge in [0.1, 0.15) is 11.2 Å². The summed E-state index contributed by atoms with van der Waals surface area (Å²) in [6.07, 6.45) is -4.70. The Balaban J connectivity index is 2.94. The summed E-state index contributed by atoms with van der Waals surface area (Å²) in [6, 6.07) is 2.56. The van der Waals surface area contributed by atoms with E-state index in [0.717, 1.165) is 0 Å². The normalized spacial score (nSPS) is 12.2. The van der Waals surface area contributed by atoms with Crippen LogP contribution >= 0.6 is 23.2 Å². The maximum atomic E-state index is 13.7. The Kier molecular flexibility index (Phi) is 3.15. The Hall–Kier alpha value is -1.07. The van der Waals surface area contributed by atoms with Crippen molar-refractivity contribution in [1.29, 1.82) is 0 Å². The molecule has 0 saturated carbocycles. The molecule has 2 aromatic rings. The number of fused-ring (bicyclic) bond motifs is 1. The van der Waals surface area contributed by atoms with Crippen molar-refractivity contribution in [2.45, 2.75) is 13.1 Å². The van der Waals surface area contributed by atoms with Crippen molar-refractivity contribution in [3.05, 3.63) is 39.3 Å². The molecule has 0 bridgehead atoms. The van der Waals surface area contributed by atoms with Crippen LogP contribution in [-0.4, -0.2) is 4.98 Å². The van der Waals surface area contributed by atoms with Crippen molar-refractivity contribution in [3.63, 3.8) is 0 Å². The van der Waals surface area contributed by atoms with Gasteiger partial charge < -0.3 is 0 Å². The average Bonchev–Trinajstić information content (AvgIpc) is 2.26. The lowest BCUT2D eigenvalue weighted by Gasteiger charge is -2.13. The molecule has 1 heterocycles. The van der Waals surface area contributed by atoms with E-state index in [-0.39, 0.29) is 21.0 Å². The van der Waals surface area contributed by atoms with Crippen LogP contribution in [-0.2, 0) is 6.18 Å². The van der Waals surface area contributed by atoms with Crippen LogP contribution < -0.4 is 0 Å². The van der Waals surface area contributed by atoms with E-state index in [1.54, 1.807) is 0 Å². The summed E-state index contributed by atoms with van der Waals surface area (Å²) in [4.78, 5) is 3.30. The van der Waals surface area contributed by atoms with Crippen molar-refractivity contribution < 1.29 is 17.6 Å². The number of nitrogens with zero attached hydrogens (tertiary/aromatic N) is 1. The minimum absolute atomic E-state index is 0.101. The molecule has 0 atom stereocenters. The van der Waals surface area contributed by atoms with Crippen LogP contribution in [0.15, 0.2) is 12.1 Å². The van der Waals surface area contributed by atoms with Crippen LogP contribution in [0.2, 0.25) is 10.0 Å². The second-order valence-corrected chi connectivity index (χ2v) is 4.44. The number of aromatic nitrogens is 1. The molecule has 7 heteroatoms. The lowest BCUT2D eigenvalue weighted by Crippen LogP contribution is -2.11. The zero-order valence-corrected chi connectivity index (χ0v) is 10.4. The highest BCUT2D eigenvalue weighted by Gasteiger charge is 2.36. The third-order valence-electron chi connectivity index (χ3n) is 2.48. The number of hydrogen-bond acceptors (Lipinski definition) is 1. The van der Waals surface area contributed by atoms with Crippen LogP contribution in [0, 0.1) is 12.7 Å². The number of benzene rings is 1. The number of hydrogen-bond donors (Lipinski definition) is 0. The van der Waals surface area contributed by atoms with Gasteiger partial charge in [-0.3, -0.25) is 0 Å². The molecule has 0 aliphatic heterocycles. The molecule has 0 fully saturated rings. The van der Waals surface area contributed by atoms with Gasteiger partial charge in [-0.1, -0.05) is 23.2 Å². The Bertz CT molecular complexity index is 637. The maximum Gasteiger partial charge on any atom is 0.433 e. The van der Waals surface area contributed by atoms with Crippen LogP contribution in [0.5, 0.6) is 0 Å². The Morgan fingerprint density at radius 1 is 1.17 bits per heavy atom. The van der Waals surface area contributed by atoms with E-state index in [2.05, 4.69) is 4.98 Å². The van der Waals surface area contributed by atoms with Crippen LogP contribution in [0.4, 0.5) is 17.6 Å². The summed E-state index contributed by atoms with van der Waals surface area (Å²) >= 11 is 11.3. The fourth-order valence-electron chi connectivity index (χ4n) is 1.60. The van der Waals surface area contributed by atoms with Gasteiger partial charge in [0.25, 0.3) is 0 Å². The van der Waals surface area contributed by atoms with Crippen molar-refractivity contribution >= 4 is 34.1 Å². The molecule has 0 N–H and O–H groups in total. The number of alkyl halides is 3. The molecule has 1 aromatic heterocycles. The highest BCUT2D eigenvalue weighted by molar-refractivity contribution is 6.37. The van der Waals surface area contributed by atoms with E-state index in [1.165, 1.54) is 19.1 Å². The zero-order chi connectivity index (χ0) is 13.7. The Labute approximate surface area is 109 Å². The second kappa shape index (κ2) is 4.24. The van der Waals surface area contributed by atoms with Gasteiger partial charge >= 0.3 is 6.18 Å². The van der Waals surface area contributed by atoms with Gasteiger partial charge in [0.15, 0.2) is 5.82 Å². The third kappa shape index (κ3) is 2.01. The van der Waals surface area contributed by atoms with E-state index in [0.29, 0.717) is 0 Å². The van der Waals surface area contributed by atoms with Gasteiger partial charge in [-0.15, -0.1) is 0 Å². The molecule has 0 unspecified atom stereocenters. The Morgan fingerprint density at radius 2 is 1.78 bits per heavy atom. The van der Waals surface area contributed by atoms with Gasteiger partial charge in [-0.25, -0.2) is 9.37 Å². The average molecular weight is 298 g/mol. The van der Waals surface area contributed by atoms with Crippen LogP contribution in [0.3, 0.4) is 0 Å². The monoisotopic (exact) mass is 297 g/mol.